The summed E-state index contributed by atoms with van der Waals surface area (Å²) in [4.78, 5) is 3.38. The minimum absolute atomic E-state index is 0.0406. The predicted molar refractivity (Wildman–Crippen MR) is 145 cm³/mol. The van der Waals surface area contributed by atoms with Crippen molar-refractivity contribution in [3.05, 3.63) is 95.1 Å². The third-order valence-electron chi connectivity index (χ3n) is 6.77. The number of benzene rings is 3. The Hall–Kier alpha value is -2.69. The number of H-pyrrole nitrogens is 1. The van der Waals surface area contributed by atoms with Crippen molar-refractivity contribution in [2.75, 3.05) is 19.6 Å². The molecule has 1 aliphatic heterocycles. The second-order valence-electron chi connectivity index (χ2n) is 9.12. The molecule has 10 heteroatoms. The molecule has 0 bridgehead atoms. The molecule has 4 aromatic rings. The average Bonchev–Trinajstić information content (AvgIpc) is 3.59. The van der Waals surface area contributed by atoms with Gasteiger partial charge in [-0.15, -0.1) is 0 Å². The average molecular weight is 558 g/mol. The van der Waals surface area contributed by atoms with Crippen molar-refractivity contribution in [1.29, 1.82) is 0 Å². The number of fused-ring (bicyclic) bond motifs is 1. The topological polar surface area (TPSA) is 90.5 Å². The number of para-hydroxylation sites is 1. The van der Waals surface area contributed by atoms with Gasteiger partial charge in [0.05, 0.1) is 9.79 Å². The fraction of sp³-hybridized carbons (Fsp3) is 0.259. The maximum atomic E-state index is 13.8. The quantitative estimate of drug-likeness (QED) is 0.312. The summed E-state index contributed by atoms with van der Waals surface area (Å²) in [5, 5.41) is 1.54. The highest BCUT2D eigenvalue weighted by Crippen LogP contribution is 2.27. The summed E-state index contributed by atoms with van der Waals surface area (Å²) in [7, 11) is -7.58. The highest BCUT2D eigenvalue weighted by Gasteiger charge is 2.29. The molecule has 2 heterocycles. The van der Waals surface area contributed by atoms with E-state index < -0.39 is 20.0 Å². The zero-order valence-corrected chi connectivity index (χ0v) is 22.6. The molecule has 0 spiro atoms. The van der Waals surface area contributed by atoms with Crippen molar-refractivity contribution in [2.24, 2.45) is 0 Å². The Balaban J connectivity index is 1.44. The Labute approximate surface area is 222 Å². The second-order valence-corrected chi connectivity index (χ2v) is 13.4. The summed E-state index contributed by atoms with van der Waals surface area (Å²) in [6, 6.07) is 20.6. The molecule has 194 valence electrons. The summed E-state index contributed by atoms with van der Waals surface area (Å²) in [5.74, 6) is 0. The first kappa shape index (κ1) is 25.9. The van der Waals surface area contributed by atoms with Crippen LogP contribution < -0.4 is 0 Å². The van der Waals surface area contributed by atoms with Crippen molar-refractivity contribution in [3.63, 3.8) is 0 Å². The summed E-state index contributed by atoms with van der Waals surface area (Å²) in [6.07, 6.45) is 4.07. The van der Waals surface area contributed by atoms with E-state index >= 15 is 0 Å². The molecule has 3 aromatic carbocycles. The molecule has 1 aromatic heterocycles. The fourth-order valence-corrected chi connectivity index (χ4v) is 7.83. The summed E-state index contributed by atoms with van der Waals surface area (Å²) in [6.45, 7) is 1.30. The molecule has 0 atom stereocenters. The molecule has 37 heavy (non-hydrogen) atoms. The van der Waals surface area contributed by atoms with Crippen LogP contribution in [0.4, 0.5) is 0 Å². The van der Waals surface area contributed by atoms with Crippen LogP contribution in [0.15, 0.2) is 88.8 Å². The molecule has 5 rings (SSSR count). The number of aromatic nitrogens is 1. The van der Waals surface area contributed by atoms with Crippen LogP contribution in [-0.2, 0) is 33.0 Å². The van der Waals surface area contributed by atoms with Crippen molar-refractivity contribution in [3.8, 4) is 0 Å². The van der Waals surface area contributed by atoms with Crippen molar-refractivity contribution < 1.29 is 16.8 Å². The fourth-order valence-electron chi connectivity index (χ4n) is 4.69. The van der Waals surface area contributed by atoms with Gasteiger partial charge >= 0.3 is 0 Å². The van der Waals surface area contributed by atoms with Gasteiger partial charge in [-0.3, -0.25) is 0 Å². The number of halogens is 1. The zero-order chi connectivity index (χ0) is 26.0. The second kappa shape index (κ2) is 10.6. The lowest BCUT2D eigenvalue weighted by molar-refractivity contribution is 0.410. The molecule has 0 amide bonds. The van der Waals surface area contributed by atoms with E-state index in [9.17, 15) is 16.8 Å². The van der Waals surface area contributed by atoms with Gasteiger partial charge in [-0.1, -0.05) is 48.0 Å². The molecular weight excluding hydrogens is 530 g/mol. The largest absolute Gasteiger partial charge is 0.361 e. The van der Waals surface area contributed by atoms with Gasteiger partial charge in [-0.05, 0) is 66.8 Å². The number of aromatic amines is 1. The van der Waals surface area contributed by atoms with Gasteiger partial charge in [-0.2, -0.15) is 8.61 Å². The number of rotatable bonds is 9. The van der Waals surface area contributed by atoms with Crippen molar-refractivity contribution in [2.45, 2.75) is 35.6 Å². The number of sulfonamides is 2. The molecule has 1 saturated heterocycles. The molecule has 1 N–H and O–H groups in total. The van der Waals surface area contributed by atoms with Crippen LogP contribution in [0.2, 0.25) is 5.02 Å². The highest BCUT2D eigenvalue weighted by atomic mass is 35.5. The number of nitrogens with one attached hydrogen (secondary N) is 1. The van der Waals surface area contributed by atoms with Crippen LogP contribution in [0, 0.1) is 0 Å². The summed E-state index contributed by atoms with van der Waals surface area (Å²) in [5.41, 5.74) is 2.70. The molecule has 1 fully saturated rings. The van der Waals surface area contributed by atoms with Crippen LogP contribution >= 0.6 is 11.6 Å². The predicted octanol–water partition coefficient (Wildman–Crippen LogP) is 5.04. The molecule has 1 aliphatic rings. The number of hydrogen-bond donors (Lipinski definition) is 1. The lowest BCUT2D eigenvalue weighted by Gasteiger charge is -2.23. The molecule has 7 nitrogen and oxygen atoms in total. The van der Waals surface area contributed by atoms with Gasteiger partial charge in [-0.25, -0.2) is 16.8 Å². The molecule has 0 radical (unpaired) electrons. The van der Waals surface area contributed by atoms with Gasteiger partial charge in [0.1, 0.15) is 0 Å². The first-order chi connectivity index (χ1) is 17.8. The van der Waals surface area contributed by atoms with E-state index in [0.29, 0.717) is 30.1 Å². The summed E-state index contributed by atoms with van der Waals surface area (Å²) < 4.78 is 56.3. The third kappa shape index (κ3) is 5.32. The lowest BCUT2D eigenvalue weighted by atomic mass is 10.1. The third-order valence-corrected chi connectivity index (χ3v) is 10.9. The zero-order valence-electron chi connectivity index (χ0n) is 20.2. The smallest absolute Gasteiger partial charge is 0.243 e. The van der Waals surface area contributed by atoms with E-state index in [2.05, 4.69) is 4.98 Å². The van der Waals surface area contributed by atoms with Gasteiger partial charge < -0.3 is 4.98 Å². The number of nitrogens with zero attached hydrogens (tertiary/aromatic N) is 2. The van der Waals surface area contributed by atoms with Crippen LogP contribution in [0.1, 0.15) is 24.0 Å². The first-order valence-corrected chi connectivity index (χ1v) is 15.4. The molecular formula is C27H28ClN3O4S2. The van der Waals surface area contributed by atoms with E-state index in [0.717, 1.165) is 29.3 Å². The summed E-state index contributed by atoms with van der Waals surface area (Å²) >= 11 is 6.38. The Morgan fingerprint density at radius 3 is 2.19 bits per heavy atom. The lowest BCUT2D eigenvalue weighted by Crippen LogP contribution is -2.33. The van der Waals surface area contributed by atoms with Crippen molar-refractivity contribution in [1.82, 2.24) is 13.6 Å². The minimum atomic E-state index is -3.95. The van der Waals surface area contributed by atoms with Gasteiger partial charge in [0.25, 0.3) is 0 Å². The molecule has 0 saturated carbocycles. The Bertz CT molecular complexity index is 1610. The van der Waals surface area contributed by atoms with E-state index in [1.807, 2.05) is 42.6 Å². The van der Waals surface area contributed by atoms with E-state index in [1.165, 1.54) is 32.9 Å². The normalized spacial score (nSPS) is 15.1. The highest BCUT2D eigenvalue weighted by molar-refractivity contribution is 7.89. The number of hydrogen-bond acceptors (Lipinski definition) is 4. The van der Waals surface area contributed by atoms with E-state index in [4.69, 9.17) is 11.6 Å². The van der Waals surface area contributed by atoms with Gasteiger partial charge in [0.15, 0.2) is 0 Å². The Morgan fingerprint density at radius 2 is 1.46 bits per heavy atom. The standard InChI is InChI=1S/C27H28ClN3O4S2/c28-26-9-3-1-7-22(26)20-31(18-15-21-19-29-27-10-4-2-8-25(21)27)37(34,35)24-13-11-23(12-14-24)36(32,33)30-16-5-6-17-30/h1-4,7-14,19,29H,5-6,15-18,20H2. The molecule has 0 aliphatic carbocycles. The van der Waals surface area contributed by atoms with Crippen molar-refractivity contribution >= 4 is 42.6 Å². The maximum Gasteiger partial charge on any atom is 0.243 e. The SMILES string of the molecule is O=S(=O)(c1ccc(S(=O)(=O)N(CCc2c[nH]c3ccccc23)Cc2ccccc2Cl)cc1)N1CCCC1. The van der Waals surface area contributed by atoms with Gasteiger partial charge in [0, 0.05) is 48.3 Å². The Morgan fingerprint density at radius 1 is 0.811 bits per heavy atom. The van der Waals surface area contributed by atoms with Crippen LogP contribution in [-0.4, -0.2) is 50.1 Å². The van der Waals surface area contributed by atoms with E-state index in [-0.39, 0.29) is 22.9 Å². The maximum absolute atomic E-state index is 13.8. The monoisotopic (exact) mass is 557 g/mol. The van der Waals surface area contributed by atoms with E-state index in [1.54, 1.807) is 12.1 Å². The van der Waals surface area contributed by atoms with Gasteiger partial charge in [0.2, 0.25) is 20.0 Å². The van der Waals surface area contributed by atoms with Crippen LogP contribution in [0.3, 0.4) is 0 Å². The van der Waals surface area contributed by atoms with Crippen LogP contribution in [0.5, 0.6) is 0 Å². The Kier molecular flexibility index (Phi) is 7.42. The minimum Gasteiger partial charge on any atom is -0.361 e. The first-order valence-electron chi connectivity index (χ1n) is 12.2. The molecule has 0 unspecified atom stereocenters. The van der Waals surface area contributed by atoms with Crippen LogP contribution in [0.25, 0.3) is 10.9 Å².